The molecule has 0 saturated carbocycles. The third kappa shape index (κ3) is 2.78. The predicted octanol–water partition coefficient (Wildman–Crippen LogP) is -0.338. The van der Waals surface area contributed by atoms with Gasteiger partial charge < -0.3 is 10.4 Å². The normalized spacial score (nSPS) is 34.5. The maximum Gasteiger partial charge on any atom is 0.323 e. The van der Waals surface area contributed by atoms with E-state index in [1.165, 1.54) is 6.92 Å². The van der Waals surface area contributed by atoms with Gasteiger partial charge in [0.2, 0.25) is 10.0 Å². The second-order valence-electron chi connectivity index (χ2n) is 4.95. The van der Waals surface area contributed by atoms with Gasteiger partial charge in [-0.15, -0.1) is 0 Å². The van der Waals surface area contributed by atoms with Crippen molar-refractivity contribution in [3.63, 3.8) is 0 Å². The predicted molar refractivity (Wildman–Crippen MR) is 62.1 cm³/mol. The van der Waals surface area contributed by atoms with E-state index in [9.17, 15) is 13.2 Å². The molecule has 3 N–H and O–H groups in total. The van der Waals surface area contributed by atoms with Crippen LogP contribution in [0.4, 0.5) is 0 Å². The molecule has 2 saturated heterocycles. The first-order valence-electron chi connectivity index (χ1n) is 5.88. The fraction of sp³-hybridized carbons (Fsp3) is 0.900. The minimum atomic E-state index is -3.76. The lowest BCUT2D eigenvalue weighted by Crippen LogP contribution is -2.50. The van der Waals surface area contributed by atoms with Gasteiger partial charge in [-0.1, -0.05) is 0 Å². The Kier molecular flexibility index (Phi) is 3.42. The summed E-state index contributed by atoms with van der Waals surface area (Å²) in [6.07, 6.45) is 3.67. The first-order chi connectivity index (χ1) is 7.88. The number of nitrogens with one attached hydrogen (secondary N) is 2. The second kappa shape index (κ2) is 4.55. The van der Waals surface area contributed by atoms with Gasteiger partial charge in [-0.2, -0.15) is 0 Å². The number of aliphatic carboxylic acids is 1. The van der Waals surface area contributed by atoms with Crippen LogP contribution in [0.3, 0.4) is 0 Å². The Morgan fingerprint density at radius 3 is 2.35 bits per heavy atom. The van der Waals surface area contributed by atoms with Crippen LogP contribution in [-0.4, -0.2) is 42.9 Å². The van der Waals surface area contributed by atoms with Crippen LogP contribution in [0, 0.1) is 0 Å². The minimum Gasteiger partial charge on any atom is -0.480 e. The van der Waals surface area contributed by atoms with Crippen LogP contribution in [0.25, 0.3) is 0 Å². The van der Waals surface area contributed by atoms with Gasteiger partial charge in [-0.25, -0.2) is 13.1 Å². The average molecular weight is 262 g/mol. The highest BCUT2D eigenvalue weighted by atomic mass is 32.2. The van der Waals surface area contributed by atoms with E-state index in [0.717, 1.165) is 25.7 Å². The number of carboxylic acid groups (broad SMARTS) is 1. The molecule has 2 rings (SSSR count). The minimum absolute atomic E-state index is 0.124. The fourth-order valence-corrected chi connectivity index (χ4v) is 3.75. The van der Waals surface area contributed by atoms with Gasteiger partial charge in [-0.05, 0) is 32.6 Å². The number of fused-ring (bicyclic) bond motifs is 2. The lowest BCUT2D eigenvalue weighted by molar-refractivity contribution is -0.136. The second-order valence-corrected chi connectivity index (χ2v) is 6.98. The standard InChI is InChI=1S/C10H18N2O4S/c1-6(10(13)14)17(15,16)12-9-4-7-2-3-8(5-9)11-7/h6-9,11-12H,2-5H2,1H3,(H,13,14). The van der Waals surface area contributed by atoms with Crippen LogP contribution in [0.2, 0.25) is 0 Å². The molecule has 2 fully saturated rings. The van der Waals surface area contributed by atoms with E-state index in [2.05, 4.69) is 10.0 Å². The van der Waals surface area contributed by atoms with Gasteiger partial charge in [0.25, 0.3) is 0 Å². The van der Waals surface area contributed by atoms with Crippen molar-refractivity contribution in [2.24, 2.45) is 0 Å². The van der Waals surface area contributed by atoms with Gasteiger partial charge in [0.1, 0.15) is 0 Å². The summed E-state index contributed by atoms with van der Waals surface area (Å²) in [5, 5.41) is 10.7. The Morgan fingerprint density at radius 1 is 1.35 bits per heavy atom. The summed E-state index contributed by atoms with van der Waals surface area (Å²) in [4.78, 5) is 10.7. The quantitative estimate of drug-likeness (QED) is 0.644. The molecule has 0 radical (unpaired) electrons. The summed E-state index contributed by atoms with van der Waals surface area (Å²) in [5.41, 5.74) is 0. The first kappa shape index (κ1) is 12.8. The molecule has 0 amide bonds. The molecule has 0 aromatic rings. The zero-order chi connectivity index (χ0) is 12.6. The Labute approximate surface area is 101 Å². The Bertz CT molecular complexity index is 397. The summed E-state index contributed by atoms with van der Waals surface area (Å²) in [6.45, 7) is 1.19. The molecule has 2 bridgehead atoms. The number of carboxylic acids is 1. The molecule has 7 heteroatoms. The molecule has 2 aliphatic heterocycles. The van der Waals surface area contributed by atoms with E-state index >= 15 is 0 Å². The maximum absolute atomic E-state index is 11.8. The lowest BCUT2D eigenvalue weighted by Gasteiger charge is -2.29. The SMILES string of the molecule is CC(C(=O)O)S(=O)(=O)NC1CC2CCC(C1)N2. The van der Waals surface area contributed by atoms with Crippen molar-refractivity contribution in [3.05, 3.63) is 0 Å². The number of hydrogen-bond acceptors (Lipinski definition) is 4. The highest BCUT2D eigenvalue weighted by Crippen LogP contribution is 2.27. The maximum atomic E-state index is 11.8. The van der Waals surface area contributed by atoms with E-state index in [-0.39, 0.29) is 6.04 Å². The third-order valence-corrected chi connectivity index (χ3v) is 5.41. The smallest absolute Gasteiger partial charge is 0.323 e. The highest BCUT2D eigenvalue weighted by Gasteiger charge is 2.37. The molecular weight excluding hydrogens is 244 g/mol. The van der Waals surface area contributed by atoms with Gasteiger partial charge >= 0.3 is 5.97 Å². The van der Waals surface area contributed by atoms with E-state index < -0.39 is 21.2 Å². The zero-order valence-corrected chi connectivity index (χ0v) is 10.5. The van der Waals surface area contributed by atoms with Crippen molar-refractivity contribution in [3.8, 4) is 0 Å². The van der Waals surface area contributed by atoms with Crippen LogP contribution in [0.1, 0.15) is 32.6 Å². The highest BCUT2D eigenvalue weighted by molar-refractivity contribution is 7.90. The largest absolute Gasteiger partial charge is 0.480 e. The Balaban J connectivity index is 1.99. The van der Waals surface area contributed by atoms with Crippen molar-refractivity contribution < 1.29 is 18.3 Å². The molecule has 98 valence electrons. The summed E-state index contributed by atoms with van der Waals surface area (Å²) in [7, 11) is -3.76. The Hall–Kier alpha value is -0.660. The van der Waals surface area contributed by atoms with E-state index in [0.29, 0.717) is 12.1 Å². The van der Waals surface area contributed by atoms with Crippen LogP contribution >= 0.6 is 0 Å². The molecule has 2 heterocycles. The van der Waals surface area contributed by atoms with Crippen LogP contribution < -0.4 is 10.0 Å². The molecule has 0 aromatic heterocycles. The van der Waals surface area contributed by atoms with Crippen molar-refractivity contribution >= 4 is 16.0 Å². The fourth-order valence-electron chi connectivity index (χ4n) is 2.62. The molecule has 6 nitrogen and oxygen atoms in total. The van der Waals surface area contributed by atoms with Gasteiger partial charge in [0.05, 0.1) is 0 Å². The Morgan fingerprint density at radius 2 is 1.88 bits per heavy atom. The van der Waals surface area contributed by atoms with Gasteiger partial charge in [-0.3, -0.25) is 4.79 Å². The molecule has 3 atom stereocenters. The van der Waals surface area contributed by atoms with Crippen LogP contribution in [-0.2, 0) is 14.8 Å². The number of carbonyl (C=O) groups is 1. The monoisotopic (exact) mass is 262 g/mol. The number of piperidine rings is 1. The molecule has 0 spiro atoms. The van der Waals surface area contributed by atoms with Crippen LogP contribution in [0.5, 0.6) is 0 Å². The van der Waals surface area contributed by atoms with E-state index in [1.54, 1.807) is 0 Å². The topological polar surface area (TPSA) is 95.5 Å². The van der Waals surface area contributed by atoms with Crippen molar-refractivity contribution in [2.45, 2.75) is 56.0 Å². The molecule has 3 unspecified atom stereocenters. The van der Waals surface area contributed by atoms with E-state index in [1.807, 2.05) is 0 Å². The molecule has 0 aromatic carbocycles. The lowest BCUT2D eigenvalue weighted by atomic mass is 10.0. The van der Waals surface area contributed by atoms with Crippen molar-refractivity contribution in [2.75, 3.05) is 0 Å². The third-order valence-electron chi connectivity index (χ3n) is 3.62. The average Bonchev–Trinajstić information content (AvgIpc) is 2.56. The van der Waals surface area contributed by atoms with Gasteiger partial charge in [0.15, 0.2) is 5.25 Å². The molecule has 17 heavy (non-hydrogen) atoms. The molecular formula is C10H18N2O4S. The zero-order valence-electron chi connectivity index (χ0n) is 9.72. The van der Waals surface area contributed by atoms with Gasteiger partial charge in [0, 0.05) is 18.1 Å². The van der Waals surface area contributed by atoms with E-state index in [4.69, 9.17) is 5.11 Å². The van der Waals surface area contributed by atoms with Crippen molar-refractivity contribution in [1.82, 2.24) is 10.0 Å². The first-order valence-corrected chi connectivity index (χ1v) is 7.43. The number of rotatable bonds is 4. The van der Waals surface area contributed by atoms with Crippen LogP contribution in [0.15, 0.2) is 0 Å². The summed E-state index contributed by atoms with van der Waals surface area (Å²) >= 11 is 0. The summed E-state index contributed by atoms with van der Waals surface area (Å²) in [5.74, 6) is -1.31. The molecule has 0 aliphatic carbocycles. The summed E-state index contributed by atoms with van der Waals surface area (Å²) in [6, 6.07) is 0.628. The summed E-state index contributed by atoms with van der Waals surface area (Å²) < 4.78 is 26.1. The van der Waals surface area contributed by atoms with Crippen molar-refractivity contribution in [1.29, 1.82) is 0 Å². The number of sulfonamides is 1. The number of hydrogen-bond donors (Lipinski definition) is 3. The molecule has 2 aliphatic rings.